The summed E-state index contributed by atoms with van der Waals surface area (Å²) in [5.74, 6) is -1.40. The van der Waals surface area contributed by atoms with Crippen LogP contribution in [0, 0.1) is 0 Å². The predicted octanol–water partition coefficient (Wildman–Crippen LogP) is 0.156. The summed E-state index contributed by atoms with van der Waals surface area (Å²) in [5, 5.41) is 13.7. The number of carboxylic acid groups (broad SMARTS) is 1. The van der Waals surface area contributed by atoms with Gasteiger partial charge in [0, 0.05) is 12.8 Å². The first kappa shape index (κ1) is 16.0. The van der Waals surface area contributed by atoms with Crippen LogP contribution in [0.1, 0.15) is 11.6 Å². The van der Waals surface area contributed by atoms with Gasteiger partial charge in [-0.25, -0.2) is 18.0 Å². The highest BCUT2D eigenvalue weighted by Crippen LogP contribution is 2.12. The first-order valence-corrected chi connectivity index (χ1v) is 7.85. The Morgan fingerprint density at radius 2 is 1.85 bits per heavy atom. The summed E-state index contributed by atoms with van der Waals surface area (Å²) in [6.45, 7) is -0.0776. The molecule has 0 fully saturated rings. The third-order valence-electron chi connectivity index (χ3n) is 2.41. The molecule has 2 amide bonds. The van der Waals surface area contributed by atoms with Crippen LogP contribution < -0.4 is 10.6 Å². The lowest BCUT2D eigenvalue weighted by Gasteiger charge is -2.15. The maximum atomic E-state index is 11.5. The van der Waals surface area contributed by atoms with E-state index in [9.17, 15) is 18.0 Å². The molecule has 0 bridgehead atoms. The van der Waals surface area contributed by atoms with E-state index in [1.54, 1.807) is 30.3 Å². The molecule has 0 saturated carbocycles. The van der Waals surface area contributed by atoms with E-state index < -0.39 is 27.9 Å². The lowest BCUT2D eigenvalue weighted by molar-refractivity contribution is -0.139. The molecule has 110 valence electrons. The number of sulfone groups is 1. The Kier molecular flexibility index (Phi) is 5.51. The second kappa shape index (κ2) is 6.90. The number of rotatable bonds is 6. The number of amides is 2. The minimum atomic E-state index is -3.18. The van der Waals surface area contributed by atoms with E-state index in [-0.39, 0.29) is 12.3 Å². The minimum absolute atomic E-state index is 0.0776. The Bertz CT molecular complexity index is 571. The van der Waals surface area contributed by atoms with E-state index in [4.69, 9.17) is 5.11 Å². The highest BCUT2D eigenvalue weighted by Gasteiger charge is 2.21. The molecule has 0 aliphatic heterocycles. The van der Waals surface area contributed by atoms with Crippen LogP contribution in [0.3, 0.4) is 0 Å². The molecular formula is C12H16N2O5S. The second-order valence-electron chi connectivity index (χ2n) is 4.21. The molecule has 8 heteroatoms. The molecular weight excluding hydrogens is 284 g/mol. The van der Waals surface area contributed by atoms with Gasteiger partial charge in [-0.05, 0) is 5.56 Å². The standard InChI is InChI=1S/C12H16N2O5S/c1-20(18,19)8-7-13-12(17)14-10(11(15)16)9-5-3-2-4-6-9/h2-6,10H,7-8H2,1H3,(H,15,16)(H2,13,14,17)/t10-/m1/s1. The average molecular weight is 300 g/mol. The van der Waals surface area contributed by atoms with Crippen LogP contribution in [0.5, 0.6) is 0 Å². The van der Waals surface area contributed by atoms with E-state index in [2.05, 4.69) is 10.6 Å². The summed E-state index contributed by atoms with van der Waals surface area (Å²) in [4.78, 5) is 22.7. The number of hydrogen-bond donors (Lipinski definition) is 3. The molecule has 1 atom stereocenters. The van der Waals surface area contributed by atoms with Crippen molar-refractivity contribution in [2.75, 3.05) is 18.6 Å². The molecule has 0 spiro atoms. The van der Waals surface area contributed by atoms with Crippen LogP contribution in [0.4, 0.5) is 4.79 Å². The Morgan fingerprint density at radius 3 is 2.35 bits per heavy atom. The fraction of sp³-hybridized carbons (Fsp3) is 0.333. The van der Waals surface area contributed by atoms with E-state index in [0.29, 0.717) is 5.56 Å². The Hall–Kier alpha value is -2.09. The molecule has 0 radical (unpaired) electrons. The first-order valence-electron chi connectivity index (χ1n) is 5.79. The van der Waals surface area contributed by atoms with Gasteiger partial charge in [0.15, 0.2) is 6.04 Å². The maximum absolute atomic E-state index is 11.5. The van der Waals surface area contributed by atoms with Gasteiger partial charge in [-0.15, -0.1) is 0 Å². The van der Waals surface area contributed by atoms with Crippen molar-refractivity contribution in [1.82, 2.24) is 10.6 Å². The molecule has 3 N–H and O–H groups in total. The van der Waals surface area contributed by atoms with E-state index in [1.807, 2.05) is 0 Å². The summed E-state index contributed by atoms with van der Waals surface area (Å²) < 4.78 is 21.8. The molecule has 0 heterocycles. The SMILES string of the molecule is CS(=O)(=O)CCNC(=O)N[C@@H](C(=O)O)c1ccccc1. The van der Waals surface area contributed by atoms with Crippen molar-refractivity contribution < 1.29 is 23.1 Å². The van der Waals surface area contributed by atoms with Crippen molar-refractivity contribution in [3.05, 3.63) is 35.9 Å². The zero-order valence-corrected chi connectivity index (χ0v) is 11.7. The van der Waals surface area contributed by atoms with E-state index in [0.717, 1.165) is 6.26 Å². The molecule has 1 rings (SSSR count). The van der Waals surface area contributed by atoms with Gasteiger partial charge < -0.3 is 15.7 Å². The van der Waals surface area contributed by atoms with Gasteiger partial charge in [-0.3, -0.25) is 0 Å². The van der Waals surface area contributed by atoms with Gasteiger partial charge in [0.2, 0.25) is 0 Å². The Labute approximate surface area is 116 Å². The third-order valence-corrected chi connectivity index (χ3v) is 3.36. The summed E-state index contributed by atoms with van der Waals surface area (Å²) >= 11 is 0. The second-order valence-corrected chi connectivity index (χ2v) is 6.47. The molecule has 0 aliphatic rings. The molecule has 0 unspecified atom stereocenters. The highest BCUT2D eigenvalue weighted by atomic mass is 32.2. The zero-order valence-electron chi connectivity index (χ0n) is 10.9. The van der Waals surface area contributed by atoms with Gasteiger partial charge in [-0.1, -0.05) is 30.3 Å². The number of carboxylic acids is 1. The Morgan fingerprint density at radius 1 is 1.25 bits per heavy atom. The van der Waals surface area contributed by atoms with Crippen LogP contribution in [-0.4, -0.2) is 44.1 Å². The van der Waals surface area contributed by atoms with Crippen molar-refractivity contribution >= 4 is 21.8 Å². The fourth-order valence-electron chi connectivity index (χ4n) is 1.47. The van der Waals surface area contributed by atoms with Crippen molar-refractivity contribution in [2.24, 2.45) is 0 Å². The number of nitrogens with one attached hydrogen (secondary N) is 2. The number of benzene rings is 1. The summed E-state index contributed by atoms with van der Waals surface area (Å²) in [5.41, 5.74) is 0.429. The number of hydrogen-bond acceptors (Lipinski definition) is 4. The zero-order chi connectivity index (χ0) is 15.2. The quantitative estimate of drug-likeness (QED) is 0.692. The monoisotopic (exact) mass is 300 g/mol. The van der Waals surface area contributed by atoms with Gasteiger partial charge >= 0.3 is 12.0 Å². The van der Waals surface area contributed by atoms with Crippen LogP contribution in [0.2, 0.25) is 0 Å². The first-order chi connectivity index (χ1) is 9.29. The molecule has 0 saturated heterocycles. The van der Waals surface area contributed by atoms with Crippen molar-refractivity contribution in [3.63, 3.8) is 0 Å². The van der Waals surface area contributed by atoms with Crippen molar-refractivity contribution in [2.45, 2.75) is 6.04 Å². The van der Waals surface area contributed by atoms with Gasteiger partial charge in [0.1, 0.15) is 9.84 Å². The average Bonchev–Trinajstić information content (AvgIpc) is 2.35. The van der Waals surface area contributed by atoms with Crippen molar-refractivity contribution in [1.29, 1.82) is 0 Å². The van der Waals surface area contributed by atoms with Crippen molar-refractivity contribution in [3.8, 4) is 0 Å². The van der Waals surface area contributed by atoms with Crippen LogP contribution in [0.15, 0.2) is 30.3 Å². The fourth-order valence-corrected chi connectivity index (χ4v) is 1.94. The van der Waals surface area contributed by atoms with E-state index in [1.165, 1.54) is 0 Å². The molecule has 7 nitrogen and oxygen atoms in total. The smallest absolute Gasteiger partial charge is 0.330 e. The van der Waals surface area contributed by atoms with Gasteiger partial charge in [0.25, 0.3) is 0 Å². The normalized spacial score (nSPS) is 12.4. The number of carbonyl (C=O) groups is 2. The lowest BCUT2D eigenvalue weighted by atomic mass is 10.1. The molecule has 0 aliphatic carbocycles. The van der Waals surface area contributed by atoms with E-state index >= 15 is 0 Å². The number of carbonyl (C=O) groups excluding carboxylic acids is 1. The van der Waals surface area contributed by atoms with Crippen LogP contribution >= 0.6 is 0 Å². The third kappa shape index (κ3) is 5.70. The van der Waals surface area contributed by atoms with Gasteiger partial charge in [0.05, 0.1) is 5.75 Å². The lowest BCUT2D eigenvalue weighted by Crippen LogP contribution is -2.42. The number of aliphatic carboxylic acids is 1. The molecule has 1 aromatic carbocycles. The largest absolute Gasteiger partial charge is 0.479 e. The topological polar surface area (TPSA) is 113 Å². The van der Waals surface area contributed by atoms with Crippen LogP contribution in [-0.2, 0) is 14.6 Å². The molecule has 1 aromatic rings. The predicted molar refractivity (Wildman–Crippen MR) is 73.1 cm³/mol. The maximum Gasteiger partial charge on any atom is 0.330 e. The summed E-state index contributed by atoms with van der Waals surface area (Å²) in [6.07, 6.45) is 1.05. The molecule has 0 aromatic heterocycles. The Balaban J connectivity index is 2.59. The minimum Gasteiger partial charge on any atom is -0.479 e. The number of urea groups is 1. The summed E-state index contributed by atoms with van der Waals surface area (Å²) in [6, 6.07) is 6.29. The van der Waals surface area contributed by atoms with Gasteiger partial charge in [-0.2, -0.15) is 0 Å². The highest BCUT2D eigenvalue weighted by molar-refractivity contribution is 7.90. The summed E-state index contributed by atoms with van der Waals surface area (Å²) in [7, 11) is -3.18. The molecule has 20 heavy (non-hydrogen) atoms. The van der Waals surface area contributed by atoms with Crippen LogP contribution in [0.25, 0.3) is 0 Å².